The number of nitrogens with zero attached hydrogens (tertiary/aromatic N) is 1. The van der Waals surface area contributed by atoms with Crippen LogP contribution >= 0.6 is 0 Å². The first-order chi connectivity index (χ1) is 18.2. The summed E-state index contributed by atoms with van der Waals surface area (Å²) in [5.74, 6) is -2.79. The number of aryl methyl sites for hydroxylation is 1. The quantitative estimate of drug-likeness (QED) is 0.441. The Labute approximate surface area is 224 Å². The first-order valence-corrected chi connectivity index (χ1v) is 13.9. The fourth-order valence-corrected chi connectivity index (χ4v) is 6.20. The molecule has 5 unspecified atom stereocenters. The first kappa shape index (κ1) is 27.6. The number of aromatic nitrogens is 1. The van der Waals surface area contributed by atoms with Gasteiger partial charge in [0.15, 0.2) is 0 Å². The Hall–Kier alpha value is -3.42. The number of carbonyl (C=O) groups excluding carboxylic acids is 4. The Kier molecular flexibility index (Phi) is 8.69. The predicted molar refractivity (Wildman–Crippen MR) is 146 cm³/mol. The molecule has 0 saturated carbocycles. The normalized spacial score (nSPS) is 22.2. The average molecular weight is 521 g/mol. The highest BCUT2D eigenvalue weighted by molar-refractivity contribution is 5.98. The third-order valence-electron chi connectivity index (χ3n) is 7.98. The van der Waals surface area contributed by atoms with Crippen molar-refractivity contribution in [3.8, 4) is 0 Å². The van der Waals surface area contributed by atoms with Gasteiger partial charge in [-0.1, -0.05) is 45.4 Å². The highest BCUT2D eigenvalue weighted by atomic mass is 16.2. The first-order valence-electron chi connectivity index (χ1n) is 13.9. The lowest BCUT2D eigenvalue weighted by Gasteiger charge is -2.34. The standard InChI is InChI=1S/C30H40N4O4/c1-4-8-22(28(31)36)23(15-18(2)3)30(38)33-24-12-11-19-13-14-34-17-20(16-25(35)26(24)27(19)34)29(37)32-21-9-6-5-7-10-21/h5-7,9-10,13-14,18,20,22-24,26H,4,8,11-12,15-17H2,1-3H3,(H2,31,36)(H,32,37)(H,33,38). The molecule has 3 amide bonds. The van der Waals surface area contributed by atoms with Crippen molar-refractivity contribution < 1.29 is 19.2 Å². The fourth-order valence-electron chi connectivity index (χ4n) is 6.20. The van der Waals surface area contributed by atoms with Crippen molar-refractivity contribution in [3.05, 3.63) is 53.9 Å². The highest BCUT2D eigenvalue weighted by Gasteiger charge is 2.43. The number of nitrogens with two attached hydrogens (primary N) is 1. The number of primary amides is 1. The lowest BCUT2D eigenvalue weighted by atomic mass is 9.78. The van der Waals surface area contributed by atoms with Crippen molar-refractivity contribution in [3.63, 3.8) is 0 Å². The summed E-state index contributed by atoms with van der Waals surface area (Å²) in [6.07, 6.45) is 5.28. The third-order valence-corrected chi connectivity index (χ3v) is 7.98. The van der Waals surface area contributed by atoms with Gasteiger partial charge in [-0.15, -0.1) is 0 Å². The number of carbonyl (C=O) groups is 4. The van der Waals surface area contributed by atoms with E-state index in [1.807, 2.05) is 67.9 Å². The minimum atomic E-state index is -0.540. The zero-order chi connectivity index (χ0) is 27.4. The number of Topliss-reactive ketones (excluding diaryl/α,β-unsaturated/α-hetero) is 1. The maximum absolute atomic E-state index is 13.7. The number of rotatable bonds is 10. The van der Waals surface area contributed by atoms with Gasteiger partial charge in [0.05, 0.1) is 11.8 Å². The van der Waals surface area contributed by atoms with Gasteiger partial charge in [0.2, 0.25) is 17.7 Å². The van der Waals surface area contributed by atoms with Crippen LogP contribution in [0.2, 0.25) is 0 Å². The van der Waals surface area contributed by atoms with E-state index in [-0.39, 0.29) is 29.9 Å². The van der Waals surface area contributed by atoms with Crippen LogP contribution in [0.1, 0.15) is 70.1 Å². The van der Waals surface area contributed by atoms with Crippen LogP contribution in [-0.2, 0) is 32.1 Å². The van der Waals surface area contributed by atoms with Gasteiger partial charge in [-0.05, 0) is 55.4 Å². The van der Waals surface area contributed by atoms with Gasteiger partial charge in [-0.3, -0.25) is 19.2 Å². The summed E-state index contributed by atoms with van der Waals surface area (Å²) < 4.78 is 2.02. The number of hydrogen-bond donors (Lipinski definition) is 3. The van der Waals surface area contributed by atoms with E-state index >= 15 is 0 Å². The Morgan fingerprint density at radius 1 is 1.11 bits per heavy atom. The van der Waals surface area contributed by atoms with Crippen molar-refractivity contribution in [1.29, 1.82) is 0 Å². The molecule has 1 aliphatic heterocycles. The molecule has 204 valence electrons. The van der Waals surface area contributed by atoms with Crippen LogP contribution in [0.25, 0.3) is 0 Å². The molecule has 8 nitrogen and oxygen atoms in total. The van der Waals surface area contributed by atoms with Crippen LogP contribution in [-0.4, -0.2) is 34.1 Å². The SMILES string of the molecule is CCCC(C(N)=O)C(CC(C)C)C(=O)NC1CCc2ccn3c2C1C(=O)CC(C(=O)Nc1ccccc1)C3. The Balaban J connectivity index is 1.56. The Morgan fingerprint density at radius 2 is 1.84 bits per heavy atom. The summed E-state index contributed by atoms with van der Waals surface area (Å²) in [6.45, 7) is 6.44. The summed E-state index contributed by atoms with van der Waals surface area (Å²) in [5.41, 5.74) is 8.42. The van der Waals surface area contributed by atoms with Crippen LogP contribution < -0.4 is 16.4 Å². The largest absolute Gasteiger partial charge is 0.369 e. The zero-order valence-electron chi connectivity index (χ0n) is 22.6. The van der Waals surface area contributed by atoms with Crippen LogP contribution in [0.3, 0.4) is 0 Å². The molecule has 2 heterocycles. The number of amides is 3. The maximum Gasteiger partial charge on any atom is 0.229 e. The smallest absolute Gasteiger partial charge is 0.229 e. The molecule has 1 aromatic heterocycles. The van der Waals surface area contributed by atoms with Crippen molar-refractivity contribution in [2.45, 2.75) is 77.8 Å². The van der Waals surface area contributed by atoms with E-state index in [4.69, 9.17) is 5.73 Å². The molecular formula is C30H40N4O4. The van der Waals surface area contributed by atoms with Gasteiger partial charge in [0.25, 0.3) is 0 Å². The van der Waals surface area contributed by atoms with Crippen LogP contribution in [0.4, 0.5) is 5.69 Å². The van der Waals surface area contributed by atoms with Gasteiger partial charge in [0, 0.05) is 48.4 Å². The van der Waals surface area contributed by atoms with Crippen molar-refractivity contribution in [2.24, 2.45) is 29.4 Å². The lowest BCUT2D eigenvalue weighted by molar-refractivity contribution is -0.135. The molecule has 1 aliphatic carbocycles. The van der Waals surface area contributed by atoms with Crippen LogP contribution in [0.15, 0.2) is 42.6 Å². The Bertz CT molecular complexity index is 1170. The van der Waals surface area contributed by atoms with E-state index in [1.165, 1.54) is 0 Å². The summed E-state index contributed by atoms with van der Waals surface area (Å²) in [7, 11) is 0. The molecule has 38 heavy (non-hydrogen) atoms. The molecule has 0 saturated heterocycles. The number of para-hydroxylation sites is 1. The molecule has 4 N–H and O–H groups in total. The molecule has 0 spiro atoms. The summed E-state index contributed by atoms with van der Waals surface area (Å²) >= 11 is 0. The molecule has 2 aromatic rings. The van der Waals surface area contributed by atoms with Gasteiger partial charge < -0.3 is 20.9 Å². The Morgan fingerprint density at radius 3 is 2.50 bits per heavy atom. The van der Waals surface area contributed by atoms with E-state index in [2.05, 4.69) is 10.6 Å². The molecule has 0 bridgehead atoms. The molecule has 0 radical (unpaired) electrons. The molecule has 5 atom stereocenters. The summed E-state index contributed by atoms with van der Waals surface area (Å²) in [6, 6.07) is 10.9. The molecule has 8 heteroatoms. The van der Waals surface area contributed by atoms with Gasteiger partial charge in [-0.2, -0.15) is 0 Å². The van der Waals surface area contributed by atoms with E-state index < -0.39 is 35.6 Å². The molecule has 2 aliphatic rings. The number of hydrogen-bond acceptors (Lipinski definition) is 4. The molecule has 1 aromatic carbocycles. The molecular weight excluding hydrogens is 480 g/mol. The van der Waals surface area contributed by atoms with E-state index in [0.29, 0.717) is 31.5 Å². The second kappa shape index (κ2) is 12.0. The number of nitrogens with one attached hydrogen (secondary N) is 2. The van der Waals surface area contributed by atoms with Gasteiger partial charge in [0.1, 0.15) is 5.78 Å². The van der Waals surface area contributed by atoms with Crippen LogP contribution in [0, 0.1) is 23.7 Å². The number of anilines is 1. The van der Waals surface area contributed by atoms with Gasteiger partial charge in [-0.25, -0.2) is 0 Å². The van der Waals surface area contributed by atoms with Crippen molar-refractivity contribution >= 4 is 29.2 Å². The zero-order valence-corrected chi connectivity index (χ0v) is 22.6. The van der Waals surface area contributed by atoms with Crippen LogP contribution in [0.5, 0.6) is 0 Å². The number of benzene rings is 1. The summed E-state index contributed by atoms with van der Waals surface area (Å²) in [5, 5.41) is 6.11. The van der Waals surface area contributed by atoms with E-state index in [1.54, 1.807) is 0 Å². The predicted octanol–water partition coefficient (Wildman–Crippen LogP) is 3.79. The van der Waals surface area contributed by atoms with Gasteiger partial charge >= 0.3 is 0 Å². The number of ketones is 1. The van der Waals surface area contributed by atoms with E-state index in [9.17, 15) is 19.2 Å². The topological polar surface area (TPSA) is 123 Å². The second-order valence-electron chi connectivity index (χ2n) is 11.3. The second-order valence-corrected chi connectivity index (χ2v) is 11.3. The van der Waals surface area contributed by atoms with E-state index in [0.717, 1.165) is 24.1 Å². The average Bonchev–Trinajstić information content (AvgIpc) is 3.21. The summed E-state index contributed by atoms with van der Waals surface area (Å²) in [4.78, 5) is 52.8. The van der Waals surface area contributed by atoms with Crippen molar-refractivity contribution in [1.82, 2.24) is 9.88 Å². The molecule has 4 rings (SSSR count). The third kappa shape index (κ3) is 6.00. The van der Waals surface area contributed by atoms with Crippen molar-refractivity contribution in [2.75, 3.05) is 5.32 Å². The minimum Gasteiger partial charge on any atom is -0.369 e. The maximum atomic E-state index is 13.7. The fraction of sp³-hybridized carbons (Fsp3) is 0.533. The highest BCUT2D eigenvalue weighted by Crippen LogP contribution is 2.38. The molecule has 0 fully saturated rings. The monoisotopic (exact) mass is 520 g/mol. The lowest BCUT2D eigenvalue weighted by Crippen LogP contribution is -2.49. The minimum absolute atomic E-state index is 0.0395.